The van der Waals surface area contributed by atoms with Gasteiger partial charge < -0.3 is 19.4 Å². The molecule has 3 aromatic rings. The van der Waals surface area contributed by atoms with Crippen LogP contribution >= 0.6 is 0 Å². The zero-order valence-corrected chi connectivity index (χ0v) is 19.8. The van der Waals surface area contributed by atoms with Gasteiger partial charge in [-0.25, -0.2) is 4.79 Å². The van der Waals surface area contributed by atoms with Gasteiger partial charge in [-0.1, -0.05) is 24.3 Å². The second kappa shape index (κ2) is 9.51. The Balaban J connectivity index is 1.69. The topological polar surface area (TPSA) is 129 Å². The maximum atomic E-state index is 13.0. The molecular formula is C25H17F3N2O6S. The fourth-order valence-corrected chi connectivity index (χ4v) is 4.73. The van der Waals surface area contributed by atoms with E-state index in [2.05, 4.69) is 4.74 Å². The van der Waals surface area contributed by atoms with Crippen LogP contribution in [0.3, 0.4) is 0 Å². The minimum atomic E-state index is -4.74. The molecule has 4 rings (SSSR count). The summed E-state index contributed by atoms with van der Waals surface area (Å²) >= 11 is 0. The number of allylic oxidation sites excluding steroid dienone is 1. The van der Waals surface area contributed by atoms with Gasteiger partial charge in [0.15, 0.2) is 0 Å². The summed E-state index contributed by atoms with van der Waals surface area (Å²) in [7, 11) is -3.38. The standard InChI is InChI=1S/C25H17F3N2O6S/c1-34-24(31)15-7-5-14(6-8-15)22-19-10-9-17(12-21(19)35-23(30)20(22)13-29)36-37(32,33)18-4-2-3-16(11-18)25(26,27)28/h2-12,22H,30H2,1H3. The van der Waals surface area contributed by atoms with Gasteiger partial charge in [-0.3, -0.25) is 0 Å². The molecule has 37 heavy (non-hydrogen) atoms. The van der Waals surface area contributed by atoms with E-state index in [1.54, 1.807) is 12.1 Å². The zero-order chi connectivity index (χ0) is 27.0. The number of benzene rings is 3. The fraction of sp³-hybridized carbons (Fsp3) is 0.120. The highest BCUT2D eigenvalue weighted by molar-refractivity contribution is 7.87. The van der Waals surface area contributed by atoms with E-state index in [1.807, 2.05) is 6.07 Å². The van der Waals surface area contributed by atoms with Crippen LogP contribution in [0.25, 0.3) is 0 Å². The molecule has 0 amide bonds. The first-order valence-electron chi connectivity index (χ1n) is 10.5. The van der Waals surface area contributed by atoms with Crippen molar-refractivity contribution in [3.8, 4) is 17.6 Å². The summed E-state index contributed by atoms with van der Waals surface area (Å²) in [5.41, 5.74) is 6.21. The van der Waals surface area contributed by atoms with Gasteiger partial charge >= 0.3 is 22.3 Å². The number of rotatable bonds is 5. The molecule has 12 heteroatoms. The Morgan fingerprint density at radius 1 is 1.08 bits per heavy atom. The molecule has 8 nitrogen and oxygen atoms in total. The second-order valence-corrected chi connectivity index (χ2v) is 9.35. The van der Waals surface area contributed by atoms with Crippen LogP contribution in [0.15, 0.2) is 83.1 Å². The van der Waals surface area contributed by atoms with E-state index in [-0.39, 0.29) is 28.5 Å². The lowest BCUT2D eigenvalue weighted by Crippen LogP contribution is -2.21. The highest BCUT2D eigenvalue weighted by Crippen LogP contribution is 2.43. The molecule has 1 atom stereocenters. The van der Waals surface area contributed by atoms with Crippen molar-refractivity contribution < 1.29 is 40.0 Å². The van der Waals surface area contributed by atoms with Crippen molar-refractivity contribution >= 4 is 16.1 Å². The van der Waals surface area contributed by atoms with E-state index in [1.165, 1.54) is 37.4 Å². The van der Waals surface area contributed by atoms with Crippen LogP contribution in [-0.4, -0.2) is 21.5 Å². The average Bonchev–Trinajstić information content (AvgIpc) is 2.86. The van der Waals surface area contributed by atoms with Crippen LogP contribution in [0.4, 0.5) is 13.2 Å². The summed E-state index contributed by atoms with van der Waals surface area (Å²) in [5, 5.41) is 9.69. The van der Waals surface area contributed by atoms with Crippen molar-refractivity contribution in [1.82, 2.24) is 0 Å². The first-order valence-corrected chi connectivity index (χ1v) is 11.9. The fourth-order valence-electron chi connectivity index (χ4n) is 3.76. The van der Waals surface area contributed by atoms with Crippen molar-refractivity contribution in [3.63, 3.8) is 0 Å². The Kier molecular flexibility index (Phi) is 6.58. The molecule has 0 aromatic heterocycles. The lowest BCUT2D eigenvalue weighted by molar-refractivity contribution is -0.137. The van der Waals surface area contributed by atoms with Crippen LogP contribution in [0.1, 0.15) is 33.0 Å². The Bertz CT molecular complexity index is 1560. The Morgan fingerprint density at radius 2 is 1.78 bits per heavy atom. The number of carbonyl (C=O) groups excluding carboxylic acids is 1. The van der Waals surface area contributed by atoms with Crippen molar-refractivity contribution in [2.24, 2.45) is 5.73 Å². The van der Waals surface area contributed by atoms with Crippen LogP contribution in [-0.2, 0) is 21.0 Å². The summed E-state index contributed by atoms with van der Waals surface area (Å²) in [6.07, 6.45) is -4.74. The Morgan fingerprint density at radius 3 is 2.41 bits per heavy atom. The van der Waals surface area contributed by atoms with Gasteiger partial charge in [0.1, 0.15) is 28.0 Å². The minimum Gasteiger partial charge on any atom is -0.465 e. The number of hydrogen-bond acceptors (Lipinski definition) is 8. The van der Waals surface area contributed by atoms with Gasteiger partial charge in [-0.15, -0.1) is 0 Å². The number of hydrogen-bond donors (Lipinski definition) is 1. The van der Waals surface area contributed by atoms with Crippen LogP contribution in [0.2, 0.25) is 0 Å². The lowest BCUT2D eigenvalue weighted by Gasteiger charge is -2.26. The lowest BCUT2D eigenvalue weighted by atomic mass is 9.83. The summed E-state index contributed by atoms with van der Waals surface area (Å²) in [6, 6.07) is 15.3. The molecule has 0 aliphatic carbocycles. The third kappa shape index (κ3) is 5.07. The predicted molar refractivity (Wildman–Crippen MR) is 123 cm³/mol. The minimum absolute atomic E-state index is 0.0790. The molecule has 0 spiro atoms. The summed E-state index contributed by atoms with van der Waals surface area (Å²) in [5.74, 6) is -1.65. The third-order valence-corrected chi connectivity index (χ3v) is 6.75. The summed E-state index contributed by atoms with van der Waals surface area (Å²) < 4.78 is 79.6. The number of nitrogens with zero attached hydrogens (tertiary/aromatic N) is 1. The predicted octanol–water partition coefficient (Wildman–Crippen LogP) is 4.48. The Labute approximate surface area is 209 Å². The zero-order valence-electron chi connectivity index (χ0n) is 18.9. The molecule has 2 N–H and O–H groups in total. The van der Waals surface area contributed by atoms with Crippen LogP contribution < -0.4 is 14.7 Å². The molecule has 3 aromatic carbocycles. The molecule has 1 aliphatic heterocycles. The monoisotopic (exact) mass is 530 g/mol. The van der Waals surface area contributed by atoms with E-state index in [0.717, 1.165) is 18.2 Å². The first kappa shape index (κ1) is 25.6. The highest BCUT2D eigenvalue weighted by atomic mass is 32.2. The Hall–Kier alpha value is -4.50. The number of esters is 1. The van der Waals surface area contributed by atoms with E-state index < -0.39 is 38.6 Å². The van der Waals surface area contributed by atoms with Gasteiger partial charge in [0, 0.05) is 11.6 Å². The maximum Gasteiger partial charge on any atom is 0.416 e. The highest BCUT2D eigenvalue weighted by Gasteiger charge is 2.33. The number of nitrogens with two attached hydrogens (primary N) is 1. The average molecular weight is 530 g/mol. The second-order valence-electron chi connectivity index (χ2n) is 7.80. The first-order chi connectivity index (χ1) is 17.4. The number of ether oxygens (including phenoxy) is 2. The van der Waals surface area contributed by atoms with E-state index in [9.17, 15) is 31.6 Å². The molecule has 1 unspecified atom stereocenters. The summed E-state index contributed by atoms with van der Waals surface area (Å²) in [6.45, 7) is 0. The van der Waals surface area contributed by atoms with Gasteiger partial charge in [0.05, 0.1) is 24.2 Å². The largest absolute Gasteiger partial charge is 0.465 e. The number of nitriles is 1. The molecule has 1 heterocycles. The van der Waals surface area contributed by atoms with Crippen molar-refractivity contribution in [2.45, 2.75) is 17.0 Å². The normalized spacial score (nSPS) is 15.3. The van der Waals surface area contributed by atoms with E-state index in [4.69, 9.17) is 14.7 Å². The molecule has 0 bridgehead atoms. The molecule has 190 valence electrons. The van der Waals surface area contributed by atoms with Crippen molar-refractivity contribution in [1.29, 1.82) is 5.26 Å². The van der Waals surface area contributed by atoms with Crippen LogP contribution in [0, 0.1) is 11.3 Å². The quantitative estimate of drug-likeness (QED) is 0.378. The van der Waals surface area contributed by atoms with Crippen molar-refractivity contribution in [3.05, 3.63) is 100 Å². The smallest absolute Gasteiger partial charge is 0.416 e. The van der Waals surface area contributed by atoms with Gasteiger partial charge in [0.25, 0.3) is 0 Å². The van der Waals surface area contributed by atoms with Gasteiger partial charge in [-0.05, 0) is 42.0 Å². The van der Waals surface area contributed by atoms with Gasteiger partial charge in [0.2, 0.25) is 5.88 Å². The molecule has 0 saturated heterocycles. The SMILES string of the molecule is COC(=O)c1ccc(C2C(C#N)=C(N)Oc3cc(OS(=O)(=O)c4cccc(C(F)(F)F)c4)ccc32)cc1. The summed E-state index contributed by atoms with van der Waals surface area (Å²) in [4.78, 5) is 11.1. The molecule has 0 saturated carbocycles. The molecule has 0 radical (unpaired) electrons. The molecule has 1 aliphatic rings. The van der Waals surface area contributed by atoms with E-state index in [0.29, 0.717) is 17.2 Å². The number of halogens is 3. The number of carbonyl (C=O) groups is 1. The maximum absolute atomic E-state index is 13.0. The number of fused-ring (bicyclic) bond motifs is 1. The third-order valence-electron chi connectivity index (χ3n) is 5.51. The molecular weight excluding hydrogens is 513 g/mol. The van der Waals surface area contributed by atoms with Gasteiger partial charge in [-0.2, -0.15) is 26.9 Å². The molecule has 0 fully saturated rings. The van der Waals surface area contributed by atoms with Crippen LogP contribution in [0.5, 0.6) is 11.5 Å². The number of alkyl halides is 3. The number of methoxy groups -OCH3 is 1. The van der Waals surface area contributed by atoms with E-state index >= 15 is 0 Å². The van der Waals surface area contributed by atoms with Crippen molar-refractivity contribution in [2.75, 3.05) is 7.11 Å².